The smallest absolute Gasteiger partial charge is 0.336 e. The molecule has 0 saturated heterocycles. The molecule has 120 valence electrons. The number of aromatic nitrogens is 1. The molecule has 1 heterocycles. The van der Waals surface area contributed by atoms with Crippen molar-refractivity contribution in [3.8, 4) is 0 Å². The summed E-state index contributed by atoms with van der Waals surface area (Å²) in [6.45, 7) is 4.11. The molecular weight excluding hydrogens is 366 g/mol. The fraction of sp³-hybridized carbons (Fsp3) is 0.100. The third-order valence-corrected chi connectivity index (χ3v) is 4.37. The molecule has 3 rings (SSSR count). The van der Waals surface area contributed by atoms with E-state index in [1.54, 1.807) is 12.1 Å². The Morgan fingerprint density at radius 2 is 1.88 bits per heavy atom. The molecule has 0 bridgehead atoms. The largest absolute Gasteiger partial charge is 0.478 e. The molecule has 0 aliphatic heterocycles. The summed E-state index contributed by atoms with van der Waals surface area (Å²) in [5.74, 6) is -0.957. The molecule has 0 saturated carbocycles. The molecule has 3 nitrogen and oxygen atoms in total. The molecule has 0 amide bonds. The predicted octanol–water partition coefficient (Wildman–Crippen LogP) is 5.48. The van der Waals surface area contributed by atoms with Crippen LogP contribution in [0.2, 0.25) is 0 Å². The third kappa shape index (κ3) is 3.39. The zero-order chi connectivity index (χ0) is 17.3. The molecule has 2 aromatic carbocycles. The van der Waals surface area contributed by atoms with Gasteiger partial charge in [-0.1, -0.05) is 45.8 Å². The van der Waals surface area contributed by atoms with Crippen LogP contribution in [0.1, 0.15) is 32.7 Å². The maximum atomic E-state index is 11.6. The number of halogens is 1. The minimum atomic E-state index is -0.957. The van der Waals surface area contributed by atoms with E-state index in [4.69, 9.17) is 0 Å². The summed E-state index contributed by atoms with van der Waals surface area (Å²) in [6.07, 6.45) is 3.82. The van der Waals surface area contributed by atoms with Crippen molar-refractivity contribution >= 4 is 45.0 Å². The van der Waals surface area contributed by atoms with Gasteiger partial charge in [-0.05, 0) is 55.3 Å². The second-order valence-corrected chi connectivity index (χ2v) is 6.67. The van der Waals surface area contributed by atoms with Crippen molar-refractivity contribution in [1.82, 2.24) is 4.98 Å². The van der Waals surface area contributed by atoms with E-state index >= 15 is 0 Å². The SMILES string of the molecule is Cc1ccc(/C=C/c2cc(C(=O)O)c3cc(Br)ccc3n2)c(C)c1. The summed E-state index contributed by atoms with van der Waals surface area (Å²) in [7, 11) is 0. The molecule has 1 N–H and O–H groups in total. The number of aryl methyl sites for hydroxylation is 2. The first-order valence-electron chi connectivity index (χ1n) is 7.53. The van der Waals surface area contributed by atoms with E-state index < -0.39 is 5.97 Å². The van der Waals surface area contributed by atoms with Crippen LogP contribution in [0.3, 0.4) is 0 Å². The lowest BCUT2D eigenvalue weighted by Gasteiger charge is -2.06. The zero-order valence-electron chi connectivity index (χ0n) is 13.4. The van der Waals surface area contributed by atoms with Gasteiger partial charge in [-0.2, -0.15) is 0 Å². The van der Waals surface area contributed by atoms with Gasteiger partial charge in [0.2, 0.25) is 0 Å². The zero-order valence-corrected chi connectivity index (χ0v) is 15.0. The van der Waals surface area contributed by atoms with Crippen LogP contribution in [0.5, 0.6) is 0 Å². The molecule has 24 heavy (non-hydrogen) atoms. The Kier molecular flexibility index (Phi) is 4.49. The lowest BCUT2D eigenvalue weighted by Crippen LogP contribution is -2.00. The van der Waals surface area contributed by atoms with Crippen LogP contribution >= 0.6 is 15.9 Å². The number of hydrogen-bond donors (Lipinski definition) is 1. The van der Waals surface area contributed by atoms with Crippen LogP contribution in [-0.2, 0) is 0 Å². The number of fused-ring (bicyclic) bond motifs is 1. The molecule has 0 fully saturated rings. The van der Waals surface area contributed by atoms with Crippen molar-refractivity contribution in [2.24, 2.45) is 0 Å². The summed E-state index contributed by atoms with van der Waals surface area (Å²) in [4.78, 5) is 16.1. The molecule has 0 unspecified atom stereocenters. The van der Waals surface area contributed by atoms with Gasteiger partial charge in [-0.3, -0.25) is 0 Å². The van der Waals surface area contributed by atoms with Gasteiger partial charge in [0.15, 0.2) is 0 Å². The highest BCUT2D eigenvalue weighted by molar-refractivity contribution is 9.10. The number of carboxylic acid groups (broad SMARTS) is 1. The van der Waals surface area contributed by atoms with Crippen LogP contribution in [0.15, 0.2) is 46.9 Å². The van der Waals surface area contributed by atoms with Gasteiger partial charge in [-0.25, -0.2) is 9.78 Å². The number of carboxylic acids is 1. The number of benzene rings is 2. The summed E-state index contributed by atoms with van der Waals surface area (Å²) < 4.78 is 0.831. The lowest BCUT2D eigenvalue weighted by molar-refractivity contribution is 0.0699. The van der Waals surface area contributed by atoms with E-state index in [2.05, 4.69) is 53.0 Å². The molecule has 0 atom stereocenters. The fourth-order valence-electron chi connectivity index (χ4n) is 2.67. The first kappa shape index (κ1) is 16.4. The second kappa shape index (κ2) is 6.57. The van der Waals surface area contributed by atoms with E-state index in [1.807, 2.05) is 24.3 Å². The van der Waals surface area contributed by atoms with Crippen molar-refractivity contribution in [2.45, 2.75) is 13.8 Å². The summed E-state index contributed by atoms with van der Waals surface area (Å²) >= 11 is 3.37. The van der Waals surface area contributed by atoms with Gasteiger partial charge in [-0.15, -0.1) is 0 Å². The Bertz CT molecular complexity index is 977. The predicted molar refractivity (Wildman–Crippen MR) is 101 cm³/mol. The Morgan fingerprint density at radius 1 is 1.08 bits per heavy atom. The summed E-state index contributed by atoms with van der Waals surface area (Å²) in [5, 5.41) is 10.1. The normalized spacial score (nSPS) is 11.3. The number of nitrogens with zero attached hydrogens (tertiary/aromatic N) is 1. The Hall–Kier alpha value is -2.46. The monoisotopic (exact) mass is 381 g/mol. The minimum Gasteiger partial charge on any atom is -0.478 e. The Morgan fingerprint density at radius 3 is 2.58 bits per heavy atom. The van der Waals surface area contributed by atoms with Gasteiger partial charge >= 0.3 is 5.97 Å². The molecule has 0 radical (unpaired) electrons. The van der Waals surface area contributed by atoms with Crippen molar-refractivity contribution in [1.29, 1.82) is 0 Å². The highest BCUT2D eigenvalue weighted by atomic mass is 79.9. The van der Waals surface area contributed by atoms with Crippen molar-refractivity contribution in [3.05, 3.63) is 74.9 Å². The van der Waals surface area contributed by atoms with Gasteiger partial charge < -0.3 is 5.11 Å². The van der Waals surface area contributed by atoms with Gasteiger partial charge in [0, 0.05) is 9.86 Å². The molecule has 0 aliphatic rings. The summed E-state index contributed by atoms with van der Waals surface area (Å²) in [5.41, 5.74) is 5.03. The number of hydrogen-bond acceptors (Lipinski definition) is 2. The average molecular weight is 382 g/mol. The van der Waals surface area contributed by atoms with Gasteiger partial charge in [0.05, 0.1) is 16.8 Å². The third-order valence-electron chi connectivity index (χ3n) is 3.88. The first-order chi connectivity index (χ1) is 11.4. The van der Waals surface area contributed by atoms with E-state index in [9.17, 15) is 9.90 Å². The number of pyridine rings is 1. The van der Waals surface area contributed by atoms with Crippen molar-refractivity contribution < 1.29 is 9.90 Å². The maximum absolute atomic E-state index is 11.6. The van der Waals surface area contributed by atoms with Crippen LogP contribution in [0.4, 0.5) is 0 Å². The molecule has 3 aromatic rings. The van der Waals surface area contributed by atoms with E-state index in [0.29, 0.717) is 16.6 Å². The lowest BCUT2D eigenvalue weighted by atomic mass is 10.0. The van der Waals surface area contributed by atoms with Crippen molar-refractivity contribution in [2.75, 3.05) is 0 Å². The Balaban J connectivity index is 2.08. The van der Waals surface area contributed by atoms with Gasteiger partial charge in [0.25, 0.3) is 0 Å². The average Bonchev–Trinajstić information content (AvgIpc) is 2.53. The standard InChI is InChI=1S/C20H16BrNO2/c1-12-3-4-14(13(2)9-12)5-7-16-11-18(20(23)24)17-10-15(21)6-8-19(17)22-16/h3-11H,1-2H3,(H,23,24)/b7-5+. The quantitative estimate of drug-likeness (QED) is 0.652. The van der Waals surface area contributed by atoms with Crippen LogP contribution in [0.25, 0.3) is 23.1 Å². The van der Waals surface area contributed by atoms with E-state index in [-0.39, 0.29) is 5.56 Å². The topological polar surface area (TPSA) is 50.2 Å². The fourth-order valence-corrected chi connectivity index (χ4v) is 3.03. The van der Waals surface area contributed by atoms with Gasteiger partial charge in [0.1, 0.15) is 0 Å². The maximum Gasteiger partial charge on any atom is 0.336 e. The van der Waals surface area contributed by atoms with Crippen molar-refractivity contribution in [3.63, 3.8) is 0 Å². The Labute approximate surface area is 148 Å². The molecule has 1 aromatic heterocycles. The van der Waals surface area contributed by atoms with Crippen LogP contribution < -0.4 is 0 Å². The number of carbonyl (C=O) groups is 1. The van der Waals surface area contributed by atoms with Crippen LogP contribution in [-0.4, -0.2) is 16.1 Å². The summed E-state index contributed by atoms with van der Waals surface area (Å²) in [6, 6.07) is 13.3. The molecule has 0 spiro atoms. The molecule has 0 aliphatic carbocycles. The van der Waals surface area contributed by atoms with E-state index in [1.165, 1.54) is 11.1 Å². The number of aromatic carboxylic acids is 1. The molecule has 4 heteroatoms. The first-order valence-corrected chi connectivity index (χ1v) is 8.32. The minimum absolute atomic E-state index is 0.251. The second-order valence-electron chi connectivity index (χ2n) is 5.75. The van der Waals surface area contributed by atoms with Crippen LogP contribution in [0, 0.1) is 13.8 Å². The highest BCUT2D eigenvalue weighted by Crippen LogP contribution is 2.24. The highest BCUT2D eigenvalue weighted by Gasteiger charge is 2.11. The number of rotatable bonds is 3. The molecular formula is C20H16BrNO2. The van der Waals surface area contributed by atoms with E-state index in [0.717, 1.165) is 10.0 Å².